The number of ether oxygens (including phenoxy) is 1. The van der Waals surface area contributed by atoms with Crippen molar-refractivity contribution >= 4 is 17.5 Å². The summed E-state index contributed by atoms with van der Waals surface area (Å²) in [6.45, 7) is 5.99. The summed E-state index contributed by atoms with van der Waals surface area (Å²) in [5.74, 6) is -2.40. The number of unbranched alkanes of at least 4 members (excludes halogenated alkanes) is 8. The van der Waals surface area contributed by atoms with Crippen molar-refractivity contribution in [3.63, 3.8) is 0 Å². The van der Waals surface area contributed by atoms with Crippen LogP contribution in [-0.2, 0) is 9.53 Å². The molecule has 1 atom stereocenters. The minimum absolute atomic E-state index is 0.0105. The maximum atomic E-state index is 13.1. The van der Waals surface area contributed by atoms with Crippen LogP contribution in [0.2, 0.25) is 0 Å². The number of aromatic hydroxyl groups is 2. The van der Waals surface area contributed by atoms with Crippen LogP contribution < -0.4 is 0 Å². The van der Waals surface area contributed by atoms with Crippen molar-refractivity contribution in [3.8, 4) is 11.5 Å². The molecule has 0 aliphatic heterocycles. The van der Waals surface area contributed by atoms with Crippen molar-refractivity contribution in [1.29, 1.82) is 0 Å². The van der Waals surface area contributed by atoms with Crippen molar-refractivity contribution in [2.75, 3.05) is 0 Å². The monoisotopic (exact) mass is 470 g/mol. The Labute approximate surface area is 202 Å². The highest BCUT2D eigenvalue weighted by Gasteiger charge is 2.35. The van der Waals surface area contributed by atoms with Gasteiger partial charge in [0.05, 0.1) is 11.1 Å². The molecule has 0 spiro atoms. The van der Waals surface area contributed by atoms with E-state index in [-0.39, 0.29) is 35.3 Å². The number of allylic oxidation sites excluding steroid dienone is 2. The SMILES string of the molecule is CCCCCCCCCCCC(=O)O[C@@H](CC=C(C)C)C1=CC(=O)c2c(O)ccc(O)c2C1=O. The molecule has 186 valence electrons. The lowest BCUT2D eigenvalue weighted by atomic mass is 9.85. The van der Waals surface area contributed by atoms with Gasteiger partial charge in [-0.25, -0.2) is 0 Å². The number of carbonyl (C=O) groups is 3. The molecule has 0 saturated heterocycles. The topological polar surface area (TPSA) is 101 Å². The molecule has 0 heterocycles. The summed E-state index contributed by atoms with van der Waals surface area (Å²) in [4.78, 5) is 38.3. The summed E-state index contributed by atoms with van der Waals surface area (Å²) in [6.07, 6.45) is 12.7. The van der Waals surface area contributed by atoms with Gasteiger partial charge in [-0.3, -0.25) is 14.4 Å². The number of carbonyl (C=O) groups excluding carboxylic acids is 3. The largest absolute Gasteiger partial charge is 0.507 e. The number of phenolic OH excluding ortho intramolecular Hbond substituents is 2. The Kier molecular flexibility index (Phi) is 11.0. The molecule has 2 N–H and O–H groups in total. The van der Waals surface area contributed by atoms with Crippen LogP contribution in [0, 0.1) is 0 Å². The average molecular weight is 471 g/mol. The van der Waals surface area contributed by atoms with Gasteiger partial charge in [-0.05, 0) is 38.5 Å². The van der Waals surface area contributed by atoms with Gasteiger partial charge >= 0.3 is 5.97 Å². The summed E-state index contributed by atoms with van der Waals surface area (Å²) in [5.41, 5.74) is 0.516. The summed E-state index contributed by atoms with van der Waals surface area (Å²) >= 11 is 0. The molecular formula is C28H38O6. The maximum absolute atomic E-state index is 13.1. The van der Waals surface area contributed by atoms with Gasteiger partial charge in [0.15, 0.2) is 11.6 Å². The third-order valence-electron chi connectivity index (χ3n) is 6.03. The van der Waals surface area contributed by atoms with E-state index >= 15 is 0 Å². The van der Waals surface area contributed by atoms with E-state index in [0.717, 1.165) is 24.5 Å². The number of ketones is 2. The van der Waals surface area contributed by atoms with E-state index in [9.17, 15) is 24.6 Å². The van der Waals surface area contributed by atoms with Crippen molar-refractivity contribution in [1.82, 2.24) is 0 Å². The molecule has 0 radical (unpaired) electrons. The van der Waals surface area contributed by atoms with Crippen molar-refractivity contribution < 1.29 is 29.3 Å². The molecule has 6 nitrogen and oxygen atoms in total. The highest BCUT2D eigenvalue weighted by Crippen LogP contribution is 2.36. The fraction of sp³-hybridized carbons (Fsp3) is 0.536. The Bertz CT molecular complexity index is 936. The van der Waals surface area contributed by atoms with Crippen LogP contribution >= 0.6 is 0 Å². The van der Waals surface area contributed by atoms with Gasteiger partial charge in [0.2, 0.25) is 0 Å². The van der Waals surface area contributed by atoms with Crippen LogP contribution in [0.3, 0.4) is 0 Å². The van der Waals surface area contributed by atoms with Crippen LogP contribution in [0.15, 0.2) is 35.4 Å². The van der Waals surface area contributed by atoms with Crippen LogP contribution in [0.5, 0.6) is 11.5 Å². The Hall–Kier alpha value is -2.89. The number of benzene rings is 1. The first-order chi connectivity index (χ1) is 16.3. The van der Waals surface area contributed by atoms with E-state index in [1.54, 1.807) is 0 Å². The molecule has 2 rings (SSSR count). The summed E-state index contributed by atoms with van der Waals surface area (Å²) < 4.78 is 5.65. The fourth-order valence-corrected chi connectivity index (χ4v) is 4.10. The number of esters is 1. The second-order valence-corrected chi connectivity index (χ2v) is 9.22. The second-order valence-electron chi connectivity index (χ2n) is 9.22. The predicted molar refractivity (Wildman–Crippen MR) is 132 cm³/mol. The normalized spacial score (nSPS) is 13.8. The van der Waals surface area contributed by atoms with Gasteiger partial charge in [0.25, 0.3) is 0 Å². The molecule has 1 aromatic carbocycles. The Morgan fingerprint density at radius 2 is 1.47 bits per heavy atom. The zero-order valence-electron chi connectivity index (χ0n) is 20.7. The van der Waals surface area contributed by atoms with Crippen molar-refractivity contribution in [2.45, 2.75) is 97.5 Å². The van der Waals surface area contributed by atoms with E-state index in [1.165, 1.54) is 50.7 Å². The number of phenols is 2. The first kappa shape index (κ1) is 27.4. The lowest BCUT2D eigenvalue weighted by molar-refractivity contribution is -0.147. The van der Waals surface area contributed by atoms with Crippen LogP contribution in [0.25, 0.3) is 0 Å². The zero-order valence-corrected chi connectivity index (χ0v) is 20.7. The molecular weight excluding hydrogens is 432 g/mol. The molecule has 0 fully saturated rings. The quantitative estimate of drug-likeness (QED) is 0.138. The minimum atomic E-state index is -0.938. The third-order valence-corrected chi connectivity index (χ3v) is 6.03. The number of Topliss-reactive ketones (excluding diaryl/α,β-unsaturated/α-hetero) is 1. The Balaban J connectivity index is 2.00. The smallest absolute Gasteiger partial charge is 0.306 e. The molecule has 0 bridgehead atoms. The number of rotatable bonds is 14. The fourth-order valence-electron chi connectivity index (χ4n) is 4.10. The molecule has 0 unspecified atom stereocenters. The van der Waals surface area contributed by atoms with E-state index < -0.39 is 29.4 Å². The molecule has 34 heavy (non-hydrogen) atoms. The molecule has 1 aromatic rings. The van der Waals surface area contributed by atoms with Crippen LogP contribution in [-0.4, -0.2) is 33.9 Å². The first-order valence-corrected chi connectivity index (χ1v) is 12.4. The predicted octanol–water partition coefficient (Wildman–Crippen LogP) is 6.59. The summed E-state index contributed by atoms with van der Waals surface area (Å²) in [7, 11) is 0. The molecule has 0 aromatic heterocycles. The second kappa shape index (κ2) is 13.7. The Morgan fingerprint density at radius 1 is 0.912 bits per heavy atom. The van der Waals surface area contributed by atoms with Crippen LogP contribution in [0.4, 0.5) is 0 Å². The standard InChI is InChI=1S/C28H38O6/c1-4-5-6-7-8-9-10-11-12-13-25(32)34-24(17-14-19(2)3)20-18-23(31)26-21(29)15-16-22(30)27(26)28(20)33/h14-16,18,24,29-30H,4-13,17H2,1-3H3/t24-/m0/s1. The van der Waals surface area contributed by atoms with Gasteiger partial charge in [-0.2, -0.15) is 0 Å². The van der Waals surface area contributed by atoms with Crippen LogP contribution in [0.1, 0.15) is 112 Å². The molecule has 0 saturated carbocycles. The lowest BCUT2D eigenvalue weighted by Gasteiger charge is -2.23. The van der Waals surface area contributed by atoms with Gasteiger partial charge < -0.3 is 14.9 Å². The minimum Gasteiger partial charge on any atom is -0.507 e. The number of hydrogen-bond acceptors (Lipinski definition) is 6. The number of fused-ring (bicyclic) bond motifs is 1. The molecule has 1 aliphatic rings. The Morgan fingerprint density at radius 3 is 2.06 bits per heavy atom. The number of hydrogen-bond donors (Lipinski definition) is 2. The lowest BCUT2D eigenvalue weighted by Crippen LogP contribution is -2.29. The summed E-state index contributed by atoms with van der Waals surface area (Å²) in [6, 6.07) is 2.34. The highest BCUT2D eigenvalue weighted by molar-refractivity contribution is 6.27. The maximum Gasteiger partial charge on any atom is 0.306 e. The van der Waals surface area contributed by atoms with Gasteiger partial charge in [-0.15, -0.1) is 0 Å². The third kappa shape index (κ3) is 7.86. The van der Waals surface area contributed by atoms with E-state index in [0.29, 0.717) is 6.42 Å². The van der Waals surface area contributed by atoms with E-state index in [4.69, 9.17) is 4.74 Å². The van der Waals surface area contributed by atoms with Crippen molar-refractivity contribution in [3.05, 3.63) is 46.6 Å². The van der Waals surface area contributed by atoms with Gasteiger partial charge in [0, 0.05) is 18.4 Å². The summed E-state index contributed by atoms with van der Waals surface area (Å²) in [5, 5.41) is 20.2. The van der Waals surface area contributed by atoms with Gasteiger partial charge in [-0.1, -0.05) is 69.9 Å². The highest BCUT2D eigenvalue weighted by atomic mass is 16.5. The molecule has 1 aliphatic carbocycles. The van der Waals surface area contributed by atoms with E-state index in [1.807, 2.05) is 19.9 Å². The molecule has 0 amide bonds. The average Bonchev–Trinajstić information content (AvgIpc) is 2.79. The van der Waals surface area contributed by atoms with Gasteiger partial charge in [0.1, 0.15) is 17.6 Å². The van der Waals surface area contributed by atoms with E-state index in [2.05, 4.69) is 6.92 Å². The first-order valence-electron chi connectivity index (χ1n) is 12.4. The zero-order chi connectivity index (χ0) is 25.1. The van der Waals surface area contributed by atoms with Crippen molar-refractivity contribution in [2.24, 2.45) is 0 Å². The molecule has 6 heteroatoms.